The molecule has 0 N–H and O–H groups in total. The quantitative estimate of drug-likeness (QED) is 0.480. The summed E-state index contributed by atoms with van der Waals surface area (Å²) in [4.78, 5) is 25.8. The average molecular weight is 310 g/mol. The third kappa shape index (κ3) is 2.18. The standard InChI is InChI=1S/C20H22O3/c1-3-11-19-12-7-13-20(17(19)21,18(22)23-2)14-10-16(19)15-8-5-4-6-9-15/h3-6,8-10H,1,7,11-14H2,2H3. The SMILES string of the molecule is C=CCC12CCCC(C(=O)OC)(CC=C1c1ccccc1)C2=O. The molecule has 2 atom stereocenters. The Morgan fingerprint density at radius 3 is 2.70 bits per heavy atom. The Hall–Kier alpha value is -2.16. The Balaban J connectivity index is 2.17. The van der Waals surface area contributed by atoms with Gasteiger partial charge in [-0.15, -0.1) is 6.58 Å². The number of Topliss-reactive ketones (excluding diaryl/α,β-unsaturated/α-hetero) is 1. The third-order valence-electron chi connectivity index (χ3n) is 5.40. The van der Waals surface area contributed by atoms with Gasteiger partial charge in [-0.2, -0.15) is 0 Å². The molecule has 0 spiro atoms. The maximum atomic E-state index is 13.4. The van der Waals surface area contributed by atoms with Gasteiger partial charge in [0.1, 0.15) is 5.41 Å². The van der Waals surface area contributed by atoms with E-state index in [0.29, 0.717) is 19.3 Å². The first-order valence-electron chi connectivity index (χ1n) is 8.11. The smallest absolute Gasteiger partial charge is 0.319 e. The van der Waals surface area contributed by atoms with E-state index in [1.54, 1.807) is 6.08 Å². The maximum Gasteiger partial charge on any atom is 0.319 e. The fourth-order valence-corrected chi connectivity index (χ4v) is 4.34. The number of allylic oxidation sites excluding steroid dienone is 3. The van der Waals surface area contributed by atoms with Crippen molar-refractivity contribution in [1.82, 2.24) is 0 Å². The van der Waals surface area contributed by atoms with E-state index in [1.165, 1.54) is 7.11 Å². The number of carbonyl (C=O) groups is 2. The van der Waals surface area contributed by atoms with Crippen molar-refractivity contribution in [2.75, 3.05) is 7.11 Å². The lowest BCUT2D eigenvalue weighted by atomic mass is 9.52. The Morgan fingerprint density at radius 1 is 1.30 bits per heavy atom. The van der Waals surface area contributed by atoms with Crippen molar-refractivity contribution in [2.24, 2.45) is 10.8 Å². The largest absolute Gasteiger partial charge is 0.468 e. The zero-order valence-corrected chi connectivity index (χ0v) is 13.5. The van der Waals surface area contributed by atoms with Crippen molar-refractivity contribution in [2.45, 2.75) is 32.1 Å². The summed E-state index contributed by atoms with van der Waals surface area (Å²) in [6.45, 7) is 3.85. The van der Waals surface area contributed by atoms with Gasteiger partial charge in [-0.1, -0.05) is 48.9 Å². The van der Waals surface area contributed by atoms with Crippen LogP contribution in [0, 0.1) is 10.8 Å². The highest BCUT2D eigenvalue weighted by Crippen LogP contribution is 2.57. The second-order valence-corrected chi connectivity index (χ2v) is 6.52. The molecule has 2 unspecified atom stereocenters. The molecule has 0 heterocycles. The lowest BCUT2D eigenvalue weighted by Crippen LogP contribution is -2.54. The zero-order valence-electron chi connectivity index (χ0n) is 13.5. The fraction of sp³-hybridized carbons (Fsp3) is 0.400. The molecule has 3 heteroatoms. The van der Waals surface area contributed by atoms with Gasteiger partial charge in [0.15, 0.2) is 5.78 Å². The van der Waals surface area contributed by atoms with E-state index in [9.17, 15) is 9.59 Å². The first-order chi connectivity index (χ1) is 11.1. The first-order valence-corrected chi connectivity index (χ1v) is 8.11. The number of methoxy groups -OCH3 is 1. The number of ether oxygens (including phenoxy) is 1. The second kappa shape index (κ2) is 5.80. The Bertz CT molecular complexity index is 673. The molecule has 1 aromatic carbocycles. The van der Waals surface area contributed by atoms with Crippen LogP contribution in [0.25, 0.3) is 5.57 Å². The van der Waals surface area contributed by atoms with Crippen LogP contribution in [0.2, 0.25) is 0 Å². The molecule has 0 amide bonds. The molecule has 0 aliphatic heterocycles. The molecule has 0 radical (unpaired) electrons. The van der Waals surface area contributed by atoms with E-state index in [0.717, 1.165) is 24.0 Å². The molecule has 120 valence electrons. The monoisotopic (exact) mass is 310 g/mol. The summed E-state index contributed by atoms with van der Waals surface area (Å²) in [7, 11) is 1.37. The Kier molecular flexibility index (Phi) is 3.97. The summed E-state index contributed by atoms with van der Waals surface area (Å²) in [6, 6.07) is 9.99. The lowest BCUT2D eigenvalue weighted by Gasteiger charge is -2.49. The van der Waals surface area contributed by atoms with Crippen molar-refractivity contribution >= 4 is 17.3 Å². The van der Waals surface area contributed by atoms with Gasteiger partial charge in [0, 0.05) is 0 Å². The van der Waals surface area contributed by atoms with Crippen LogP contribution in [-0.2, 0) is 14.3 Å². The molecule has 3 nitrogen and oxygen atoms in total. The van der Waals surface area contributed by atoms with E-state index in [1.807, 2.05) is 30.3 Å². The Labute approximate surface area is 137 Å². The molecule has 0 saturated heterocycles. The summed E-state index contributed by atoms with van der Waals surface area (Å²) in [5.74, 6) is -0.372. The van der Waals surface area contributed by atoms with Gasteiger partial charge in [0.2, 0.25) is 0 Å². The van der Waals surface area contributed by atoms with Crippen LogP contribution in [-0.4, -0.2) is 18.9 Å². The number of carbonyl (C=O) groups excluding carboxylic acids is 2. The van der Waals surface area contributed by atoms with Crippen LogP contribution < -0.4 is 0 Å². The van der Waals surface area contributed by atoms with E-state index in [4.69, 9.17) is 4.74 Å². The number of rotatable bonds is 4. The van der Waals surface area contributed by atoms with Crippen LogP contribution in [0.1, 0.15) is 37.7 Å². The molecule has 2 aliphatic carbocycles. The van der Waals surface area contributed by atoms with E-state index < -0.39 is 10.8 Å². The molecular weight excluding hydrogens is 288 g/mol. The number of hydrogen-bond donors (Lipinski definition) is 0. The minimum absolute atomic E-state index is 0.0179. The van der Waals surface area contributed by atoms with Gasteiger partial charge in [-0.3, -0.25) is 9.59 Å². The molecular formula is C20H22O3. The van der Waals surface area contributed by atoms with Gasteiger partial charge < -0.3 is 4.74 Å². The van der Waals surface area contributed by atoms with Crippen molar-refractivity contribution in [3.05, 3.63) is 54.6 Å². The van der Waals surface area contributed by atoms with Gasteiger partial charge in [0.05, 0.1) is 12.5 Å². The zero-order chi connectivity index (χ0) is 16.5. The van der Waals surface area contributed by atoms with Crippen molar-refractivity contribution in [3.63, 3.8) is 0 Å². The number of ketones is 1. The Morgan fingerprint density at radius 2 is 2.04 bits per heavy atom. The highest BCUT2D eigenvalue weighted by Gasteiger charge is 2.60. The maximum absolute atomic E-state index is 13.4. The molecule has 1 saturated carbocycles. The summed E-state index contributed by atoms with van der Waals surface area (Å²) in [5.41, 5.74) is 0.451. The minimum Gasteiger partial charge on any atom is -0.468 e. The van der Waals surface area contributed by atoms with Crippen LogP contribution in [0.3, 0.4) is 0 Å². The summed E-state index contributed by atoms with van der Waals surface area (Å²) in [6.07, 6.45) is 7.06. The van der Waals surface area contributed by atoms with E-state index in [2.05, 4.69) is 12.7 Å². The summed E-state index contributed by atoms with van der Waals surface area (Å²) < 4.78 is 4.99. The van der Waals surface area contributed by atoms with Crippen molar-refractivity contribution in [3.8, 4) is 0 Å². The molecule has 1 aromatic rings. The highest BCUT2D eigenvalue weighted by atomic mass is 16.5. The molecule has 3 rings (SSSR count). The molecule has 2 bridgehead atoms. The number of hydrogen-bond acceptors (Lipinski definition) is 3. The summed E-state index contributed by atoms with van der Waals surface area (Å²) in [5, 5.41) is 0. The third-order valence-corrected chi connectivity index (χ3v) is 5.40. The minimum atomic E-state index is -1.01. The average Bonchev–Trinajstić information content (AvgIpc) is 2.57. The molecule has 23 heavy (non-hydrogen) atoms. The van der Waals surface area contributed by atoms with Gasteiger partial charge in [-0.25, -0.2) is 0 Å². The van der Waals surface area contributed by atoms with Crippen molar-refractivity contribution in [1.29, 1.82) is 0 Å². The number of esters is 1. The second-order valence-electron chi connectivity index (χ2n) is 6.52. The van der Waals surface area contributed by atoms with Crippen LogP contribution in [0.15, 0.2) is 49.1 Å². The fourth-order valence-electron chi connectivity index (χ4n) is 4.34. The van der Waals surface area contributed by atoms with Gasteiger partial charge in [0.25, 0.3) is 0 Å². The highest BCUT2D eigenvalue weighted by molar-refractivity contribution is 6.14. The first kappa shape index (κ1) is 15.7. The number of fused-ring (bicyclic) bond motifs is 2. The van der Waals surface area contributed by atoms with Crippen LogP contribution >= 0.6 is 0 Å². The predicted octanol–water partition coefficient (Wildman–Crippen LogP) is 3.95. The van der Waals surface area contributed by atoms with Crippen molar-refractivity contribution < 1.29 is 14.3 Å². The predicted molar refractivity (Wildman–Crippen MR) is 89.6 cm³/mol. The van der Waals surface area contributed by atoms with Gasteiger partial charge in [-0.05, 0) is 36.8 Å². The van der Waals surface area contributed by atoms with Crippen LogP contribution in [0.5, 0.6) is 0 Å². The lowest BCUT2D eigenvalue weighted by molar-refractivity contribution is -0.164. The topological polar surface area (TPSA) is 43.4 Å². The van der Waals surface area contributed by atoms with E-state index in [-0.39, 0.29) is 11.8 Å². The number of benzene rings is 1. The van der Waals surface area contributed by atoms with Crippen LogP contribution in [0.4, 0.5) is 0 Å². The van der Waals surface area contributed by atoms with Gasteiger partial charge >= 0.3 is 5.97 Å². The summed E-state index contributed by atoms with van der Waals surface area (Å²) >= 11 is 0. The molecule has 0 aromatic heterocycles. The normalized spacial score (nSPS) is 29.6. The van der Waals surface area contributed by atoms with E-state index >= 15 is 0 Å². The molecule has 2 aliphatic rings. The molecule has 1 fully saturated rings.